The van der Waals surface area contributed by atoms with Gasteiger partial charge in [0, 0.05) is 10.7 Å². The molecular formula is C14H19Cl2N2O2+. The van der Waals surface area contributed by atoms with E-state index >= 15 is 0 Å². The second-order valence-corrected chi connectivity index (χ2v) is 5.45. The highest BCUT2D eigenvalue weighted by atomic mass is 35.5. The molecule has 0 saturated carbocycles. The van der Waals surface area contributed by atoms with E-state index in [9.17, 15) is 4.79 Å². The number of rotatable bonds is 3. The molecule has 6 heteroatoms. The van der Waals surface area contributed by atoms with Gasteiger partial charge in [-0.1, -0.05) is 23.6 Å². The molecule has 0 atom stereocenters. The molecule has 1 aromatic carbocycles. The maximum absolute atomic E-state index is 11.4. The summed E-state index contributed by atoms with van der Waals surface area (Å²) in [6.07, 6.45) is -0.540. The summed E-state index contributed by atoms with van der Waals surface area (Å²) in [6.45, 7) is 0.783. The van der Waals surface area contributed by atoms with Gasteiger partial charge in [0.05, 0.1) is 21.1 Å². The number of hydrogen-bond donors (Lipinski definition) is 1. The molecule has 20 heavy (non-hydrogen) atoms. The van der Waals surface area contributed by atoms with Crippen LogP contribution in [0, 0.1) is 11.8 Å². The zero-order valence-electron chi connectivity index (χ0n) is 11.8. The largest absolute Gasteiger partial charge is 0.436 e. The summed E-state index contributed by atoms with van der Waals surface area (Å²) < 4.78 is 5.68. The fraction of sp³-hybridized carbons (Fsp3) is 0.357. The summed E-state index contributed by atoms with van der Waals surface area (Å²) in [4.78, 5) is 11.4. The number of quaternary nitrogens is 1. The molecule has 0 heterocycles. The number of anilines is 1. The number of ether oxygens (including phenoxy) is 1. The molecule has 0 radical (unpaired) electrons. The predicted octanol–water partition coefficient (Wildman–Crippen LogP) is 3.02. The van der Waals surface area contributed by atoms with Crippen molar-refractivity contribution in [2.45, 2.75) is 0 Å². The summed E-state index contributed by atoms with van der Waals surface area (Å²) in [7, 11) is 6.13. The number of carbonyl (C=O) groups is 1. The number of benzene rings is 1. The van der Waals surface area contributed by atoms with Crippen LogP contribution in [0.15, 0.2) is 24.3 Å². The van der Waals surface area contributed by atoms with Crippen LogP contribution in [0.1, 0.15) is 0 Å². The average molecular weight is 318 g/mol. The lowest BCUT2D eigenvalue weighted by molar-refractivity contribution is -0.862. The molecule has 0 bridgehead atoms. The van der Waals surface area contributed by atoms with E-state index < -0.39 is 6.09 Å². The number of nitrogens with zero attached hydrogens (tertiary/aromatic N) is 1. The Hall–Kier alpha value is -1.41. The van der Waals surface area contributed by atoms with Crippen molar-refractivity contribution in [2.75, 3.05) is 39.6 Å². The van der Waals surface area contributed by atoms with Crippen molar-refractivity contribution in [3.8, 4) is 11.8 Å². The van der Waals surface area contributed by atoms with Gasteiger partial charge in [0.2, 0.25) is 0 Å². The topological polar surface area (TPSA) is 38.3 Å². The van der Waals surface area contributed by atoms with Crippen molar-refractivity contribution < 1.29 is 14.0 Å². The fourth-order valence-corrected chi connectivity index (χ4v) is 1.36. The lowest BCUT2D eigenvalue weighted by Gasteiger charge is -2.19. The molecule has 0 fully saturated rings. The van der Waals surface area contributed by atoms with Gasteiger partial charge in [0.15, 0.2) is 6.61 Å². The molecule has 0 aliphatic rings. The van der Waals surface area contributed by atoms with E-state index in [2.05, 4.69) is 17.2 Å². The van der Waals surface area contributed by atoms with Gasteiger partial charge in [-0.15, -0.1) is 12.4 Å². The number of carbonyl (C=O) groups excluding carboxylic acids is 1. The van der Waals surface area contributed by atoms with Gasteiger partial charge < -0.3 is 9.22 Å². The molecule has 1 N–H and O–H groups in total. The molecule has 4 nitrogen and oxygen atoms in total. The third kappa shape index (κ3) is 8.65. The van der Waals surface area contributed by atoms with Gasteiger partial charge in [0.1, 0.15) is 6.54 Å². The number of amides is 1. The second-order valence-electron chi connectivity index (χ2n) is 5.01. The molecule has 0 aromatic heterocycles. The maximum atomic E-state index is 11.4. The van der Waals surface area contributed by atoms with E-state index in [1.165, 1.54) is 0 Å². The van der Waals surface area contributed by atoms with E-state index in [-0.39, 0.29) is 19.0 Å². The Bertz CT molecular complexity index is 502. The lowest BCUT2D eigenvalue weighted by atomic mass is 10.3. The highest BCUT2D eigenvalue weighted by Gasteiger charge is 2.03. The molecule has 1 aromatic rings. The number of nitrogens with one attached hydrogen (secondary N) is 1. The quantitative estimate of drug-likeness (QED) is 0.687. The Balaban J connectivity index is 0.00000361. The zero-order valence-corrected chi connectivity index (χ0v) is 13.3. The smallest absolute Gasteiger partial charge is 0.412 e. The zero-order chi connectivity index (χ0) is 14.3. The van der Waals surface area contributed by atoms with E-state index in [4.69, 9.17) is 16.3 Å². The Morgan fingerprint density at radius 3 is 2.65 bits per heavy atom. The molecule has 1 amide bonds. The maximum Gasteiger partial charge on any atom is 0.412 e. The van der Waals surface area contributed by atoms with Crippen LogP contribution in [0.3, 0.4) is 0 Å². The third-order valence-corrected chi connectivity index (χ3v) is 2.26. The third-order valence-electron chi connectivity index (χ3n) is 2.02. The fourth-order valence-electron chi connectivity index (χ4n) is 1.17. The minimum Gasteiger partial charge on any atom is -0.436 e. The van der Waals surface area contributed by atoms with Crippen molar-refractivity contribution in [3.63, 3.8) is 0 Å². The van der Waals surface area contributed by atoms with Crippen LogP contribution in [0.5, 0.6) is 0 Å². The van der Waals surface area contributed by atoms with Crippen LogP contribution in [0.4, 0.5) is 10.5 Å². The van der Waals surface area contributed by atoms with Crippen molar-refractivity contribution in [2.24, 2.45) is 0 Å². The van der Waals surface area contributed by atoms with Gasteiger partial charge in [0.25, 0.3) is 0 Å². The van der Waals surface area contributed by atoms with Gasteiger partial charge in [-0.2, -0.15) is 0 Å². The van der Waals surface area contributed by atoms with Crippen molar-refractivity contribution >= 4 is 35.8 Å². The summed E-state index contributed by atoms with van der Waals surface area (Å²) >= 11 is 5.80. The highest BCUT2D eigenvalue weighted by Crippen LogP contribution is 2.14. The summed E-state index contributed by atoms with van der Waals surface area (Å²) in [5, 5.41) is 3.13. The molecule has 0 aliphatic carbocycles. The first-order valence-electron chi connectivity index (χ1n) is 5.82. The van der Waals surface area contributed by atoms with Crippen molar-refractivity contribution in [1.82, 2.24) is 0 Å². The normalized spacial score (nSPS) is 9.80. The molecule has 0 spiro atoms. The first-order chi connectivity index (χ1) is 8.87. The van der Waals surface area contributed by atoms with Gasteiger partial charge in [-0.3, -0.25) is 5.32 Å². The summed E-state index contributed by atoms with van der Waals surface area (Å²) in [6, 6.07) is 6.86. The molecule has 0 aliphatic heterocycles. The highest BCUT2D eigenvalue weighted by molar-refractivity contribution is 6.30. The molecule has 0 unspecified atom stereocenters. The number of halogens is 2. The predicted molar refractivity (Wildman–Crippen MR) is 84.3 cm³/mol. The van der Waals surface area contributed by atoms with Crippen LogP contribution < -0.4 is 5.32 Å². The minimum atomic E-state index is -0.540. The van der Waals surface area contributed by atoms with Crippen LogP contribution in [-0.2, 0) is 4.74 Å². The van der Waals surface area contributed by atoms with E-state index in [0.717, 1.165) is 4.48 Å². The Kier molecular flexibility index (Phi) is 8.09. The minimum absolute atomic E-state index is 0. The monoisotopic (exact) mass is 317 g/mol. The first-order valence-corrected chi connectivity index (χ1v) is 6.20. The molecule has 110 valence electrons. The second kappa shape index (κ2) is 8.70. The van der Waals surface area contributed by atoms with Crippen molar-refractivity contribution in [1.29, 1.82) is 0 Å². The average Bonchev–Trinajstić information content (AvgIpc) is 2.26. The summed E-state index contributed by atoms with van der Waals surface area (Å²) in [5.74, 6) is 5.75. The van der Waals surface area contributed by atoms with E-state index in [1.807, 2.05) is 21.1 Å². The van der Waals surface area contributed by atoms with Gasteiger partial charge in [-0.25, -0.2) is 4.79 Å². The Morgan fingerprint density at radius 1 is 1.35 bits per heavy atom. The first kappa shape index (κ1) is 18.6. The summed E-state index contributed by atoms with van der Waals surface area (Å²) in [5.41, 5.74) is 0.594. The van der Waals surface area contributed by atoms with Gasteiger partial charge in [-0.05, 0) is 24.1 Å². The van der Waals surface area contributed by atoms with Crippen LogP contribution >= 0.6 is 24.0 Å². The Morgan fingerprint density at radius 2 is 2.05 bits per heavy atom. The van der Waals surface area contributed by atoms with Crippen LogP contribution in [0.25, 0.3) is 0 Å². The molecule has 0 saturated heterocycles. The van der Waals surface area contributed by atoms with Crippen LogP contribution in [0.2, 0.25) is 5.02 Å². The molecular weight excluding hydrogens is 299 g/mol. The Labute approximate surface area is 131 Å². The SMILES string of the molecule is C[N+](C)(C)CC#CCOC(=O)Nc1cccc(Cl)c1.Cl. The van der Waals surface area contributed by atoms with Crippen molar-refractivity contribution in [3.05, 3.63) is 29.3 Å². The van der Waals surface area contributed by atoms with E-state index in [0.29, 0.717) is 17.3 Å². The standard InChI is InChI=1S/C14H17ClN2O2.ClH/c1-17(2,3)9-4-5-10-19-14(18)16-13-8-6-7-12(15)11-13;/h6-8,11H,9-10H2,1-3H3;1H/p+1. The lowest BCUT2D eigenvalue weighted by Crippen LogP contribution is -2.34. The van der Waals surface area contributed by atoms with E-state index in [1.54, 1.807) is 24.3 Å². The molecule has 1 rings (SSSR count). The van der Waals surface area contributed by atoms with Gasteiger partial charge >= 0.3 is 6.09 Å². The van der Waals surface area contributed by atoms with Crippen LogP contribution in [-0.4, -0.2) is 44.9 Å². The number of hydrogen-bond acceptors (Lipinski definition) is 2.